The molecule has 2 atom stereocenters. The summed E-state index contributed by atoms with van der Waals surface area (Å²) in [5.74, 6) is 0.0124. The smallest absolute Gasteiger partial charge is 0.287 e. The molecule has 6 nitrogen and oxygen atoms in total. The molecule has 2 amide bonds. The third-order valence-corrected chi connectivity index (χ3v) is 4.42. The maximum Gasteiger partial charge on any atom is 0.287 e. The third-order valence-electron chi connectivity index (χ3n) is 4.42. The molecule has 1 aliphatic rings. The molecule has 7 heteroatoms. The summed E-state index contributed by atoms with van der Waals surface area (Å²) in [6.07, 6.45) is 4.01. The molecule has 1 heterocycles. The summed E-state index contributed by atoms with van der Waals surface area (Å²) in [5, 5.41) is 5.76. The number of carbonyl (C=O) groups excluding carboxylic acids is 2. The van der Waals surface area contributed by atoms with Gasteiger partial charge < -0.3 is 20.8 Å². The number of carbonyl (C=O) groups is 2. The topological polar surface area (TPSA) is 97.4 Å². The van der Waals surface area contributed by atoms with Gasteiger partial charge in [0.1, 0.15) is 6.04 Å². The average Bonchev–Trinajstić information content (AvgIpc) is 3.32. The average molecular weight is 378 g/mol. The standard InChI is InChI=1S/C19H23N3O3.ClH/c20-12-16(14-8-9-14)22-18(23)15(11-13-5-2-1-3-6-13)21-19(24)17-7-4-10-25-17;/h1-7,10,14-16H,8-9,11-12,20H2,(H,21,24)(H,22,23);1H. The van der Waals surface area contributed by atoms with Crippen LogP contribution in [0.3, 0.4) is 0 Å². The number of benzene rings is 1. The molecule has 26 heavy (non-hydrogen) atoms. The summed E-state index contributed by atoms with van der Waals surface area (Å²) in [7, 11) is 0. The van der Waals surface area contributed by atoms with Gasteiger partial charge in [0.25, 0.3) is 5.91 Å². The van der Waals surface area contributed by atoms with Crippen LogP contribution in [0.25, 0.3) is 0 Å². The Morgan fingerprint density at radius 3 is 2.42 bits per heavy atom. The highest BCUT2D eigenvalue weighted by molar-refractivity contribution is 5.95. The predicted octanol–water partition coefficient (Wildman–Crippen LogP) is 1.90. The van der Waals surface area contributed by atoms with E-state index in [4.69, 9.17) is 10.2 Å². The Labute approximate surface area is 158 Å². The first-order valence-electron chi connectivity index (χ1n) is 8.56. The zero-order valence-corrected chi connectivity index (χ0v) is 15.2. The van der Waals surface area contributed by atoms with Crippen LogP contribution in [0.4, 0.5) is 0 Å². The molecule has 3 rings (SSSR count). The summed E-state index contributed by atoms with van der Waals surface area (Å²) in [6, 6.07) is 12.1. The van der Waals surface area contributed by atoms with Crippen LogP contribution in [0, 0.1) is 5.92 Å². The van der Waals surface area contributed by atoms with E-state index >= 15 is 0 Å². The Balaban J connectivity index is 0.00000243. The molecule has 0 radical (unpaired) electrons. The Kier molecular flexibility index (Phi) is 7.24. The molecule has 0 bridgehead atoms. The quantitative estimate of drug-likeness (QED) is 0.654. The number of halogens is 1. The largest absolute Gasteiger partial charge is 0.459 e. The minimum atomic E-state index is -0.687. The summed E-state index contributed by atoms with van der Waals surface area (Å²) >= 11 is 0. The fourth-order valence-corrected chi connectivity index (χ4v) is 2.85. The number of amides is 2. The van der Waals surface area contributed by atoms with Gasteiger partial charge in [0, 0.05) is 19.0 Å². The van der Waals surface area contributed by atoms with Gasteiger partial charge in [0.05, 0.1) is 6.26 Å². The minimum absolute atomic E-state index is 0. The lowest BCUT2D eigenvalue weighted by atomic mass is 10.0. The minimum Gasteiger partial charge on any atom is -0.459 e. The van der Waals surface area contributed by atoms with E-state index in [2.05, 4.69) is 10.6 Å². The first-order valence-corrected chi connectivity index (χ1v) is 8.56. The SMILES string of the molecule is Cl.NCC(NC(=O)C(Cc1ccccc1)NC(=O)c1ccco1)C1CC1. The number of hydrogen-bond acceptors (Lipinski definition) is 4. The highest BCUT2D eigenvalue weighted by Gasteiger charge is 2.33. The van der Waals surface area contributed by atoms with Crippen molar-refractivity contribution in [2.24, 2.45) is 11.7 Å². The van der Waals surface area contributed by atoms with Crippen molar-refractivity contribution in [3.05, 3.63) is 60.1 Å². The van der Waals surface area contributed by atoms with Crippen LogP contribution < -0.4 is 16.4 Å². The summed E-state index contributed by atoms with van der Waals surface area (Å²) in [6.45, 7) is 0.403. The fraction of sp³-hybridized carbons (Fsp3) is 0.368. The number of hydrogen-bond donors (Lipinski definition) is 3. The molecule has 0 spiro atoms. The van der Waals surface area contributed by atoms with E-state index in [-0.39, 0.29) is 30.1 Å². The highest BCUT2D eigenvalue weighted by atomic mass is 35.5. The van der Waals surface area contributed by atoms with Crippen LogP contribution in [0.2, 0.25) is 0 Å². The first kappa shape index (κ1) is 20.0. The van der Waals surface area contributed by atoms with Gasteiger partial charge in [-0.1, -0.05) is 30.3 Å². The summed E-state index contributed by atoms with van der Waals surface area (Å²) in [4.78, 5) is 25.0. The van der Waals surface area contributed by atoms with Crippen LogP contribution in [0.5, 0.6) is 0 Å². The Morgan fingerprint density at radius 2 is 1.85 bits per heavy atom. The van der Waals surface area contributed by atoms with Crippen molar-refractivity contribution in [3.8, 4) is 0 Å². The van der Waals surface area contributed by atoms with E-state index < -0.39 is 11.9 Å². The molecule has 0 saturated heterocycles. The molecule has 4 N–H and O–H groups in total. The van der Waals surface area contributed by atoms with Crippen LogP contribution in [0.1, 0.15) is 29.0 Å². The van der Waals surface area contributed by atoms with Gasteiger partial charge in [-0.25, -0.2) is 0 Å². The van der Waals surface area contributed by atoms with Gasteiger partial charge in [-0.05, 0) is 36.5 Å². The molecular weight excluding hydrogens is 354 g/mol. The zero-order valence-electron chi connectivity index (χ0n) is 14.4. The van der Waals surface area contributed by atoms with Crippen molar-refractivity contribution in [2.45, 2.75) is 31.3 Å². The van der Waals surface area contributed by atoms with E-state index in [0.29, 0.717) is 18.9 Å². The third kappa shape index (κ3) is 5.34. The van der Waals surface area contributed by atoms with Crippen molar-refractivity contribution in [1.29, 1.82) is 0 Å². The van der Waals surface area contributed by atoms with Gasteiger partial charge >= 0.3 is 0 Å². The monoisotopic (exact) mass is 377 g/mol. The maximum absolute atomic E-state index is 12.7. The molecule has 1 aliphatic carbocycles. The number of rotatable bonds is 8. The molecule has 0 aliphatic heterocycles. The molecule has 140 valence electrons. The van der Waals surface area contributed by atoms with Gasteiger partial charge in [-0.15, -0.1) is 12.4 Å². The van der Waals surface area contributed by atoms with Crippen LogP contribution in [-0.2, 0) is 11.2 Å². The Morgan fingerprint density at radius 1 is 1.12 bits per heavy atom. The van der Waals surface area contributed by atoms with Gasteiger partial charge in [-0.2, -0.15) is 0 Å². The highest BCUT2D eigenvalue weighted by Crippen LogP contribution is 2.32. The second-order valence-corrected chi connectivity index (χ2v) is 6.38. The lowest BCUT2D eigenvalue weighted by molar-refractivity contribution is -0.123. The van der Waals surface area contributed by atoms with E-state index in [0.717, 1.165) is 18.4 Å². The van der Waals surface area contributed by atoms with Gasteiger partial charge in [0.15, 0.2) is 5.76 Å². The normalized spacial score (nSPS) is 15.4. The number of nitrogens with two attached hydrogens (primary N) is 1. The van der Waals surface area contributed by atoms with Gasteiger partial charge in [0.2, 0.25) is 5.91 Å². The van der Waals surface area contributed by atoms with Crippen LogP contribution in [-0.4, -0.2) is 30.4 Å². The summed E-state index contributed by atoms with van der Waals surface area (Å²) < 4.78 is 5.11. The van der Waals surface area contributed by atoms with E-state index in [9.17, 15) is 9.59 Å². The molecule has 2 unspecified atom stereocenters. The fourth-order valence-electron chi connectivity index (χ4n) is 2.85. The van der Waals surface area contributed by atoms with Crippen molar-refractivity contribution >= 4 is 24.2 Å². The molecule has 1 aromatic carbocycles. The van der Waals surface area contributed by atoms with E-state index in [1.165, 1.54) is 6.26 Å². The van der Waals surface area contributed by atoms with Crippen molar-refractivity contribution in [2.75, 3.05) is 6.54 Å². The molecule has 1 fully saturated rings. The van der Waals surface area contributed by atoms with Gasteiger partial charge in [-0.3, -0.25) is 9.59 Å². The first-order chi connectivity index (χ1) is 12.2. The van der Waals surface area contributed by atoms with Crippen molar-refractivity contribution in [3.63, 3.8) is 0 Å². The van der Waals surface area contributed by atoms with Crippen LogP contribution >= 0.6 is 12.4 Å². The zero-order chi connectivity index (χ0) is 17.6. The Hall–Kier alpha value is -2.31. The predicted molar refractivity (Wildman–Crippen MR) is 101 cm³/mol. The number of furan rings is 1. The lowest BCUT2D eigenvalue weighted by Crippen LogP contribution is -2.52. The van der Waals surface area contributed by atoms with Crippen LogP contribution in [0.15, 0.2) is 53.1 Å². The molecule has 1 saturated carbocycles. The summed E-state index contributed by atoms with van der Waals surface area (Å²) in [5.41, 5.74) is 6.75. The molecule has 2 aromatic rings. The van der Waals surface area contributed by atoms with Crippen molar-refractivity contribution < 1.29 is 14.0 Å². The van der Waals surface area contributed by atoms with Crippen molar-refractivity contribution in [1.82, 2.24) is 10.6 Å². The molecular formula is C19H24ClN3O3. The molecule has 1 aromatic heterocycles. The van der Waals surface area contributed by atoms with E-state index in [1.54, 1.807) is 12.1 Å². The Bertz CT molecular complexity index is 702. The lowest BCUT2D eigenvalue weighted by Gasteiger charge is -2.22. The number of nitrogens with one attached hydrogen (secondary N) is 2. The van der Waals surface area contributed by atoms with E-state index in [1.807, 2.05) is 30.3 Å². The second kappa shape index (κ2) is 9.40. The second-order valence-electron chi connectivity index (χ2n) is 6.38. The maximum atomic E-state index is 12.7.